The summed E-state index contributed by atoms with van der Waals surface area (Å²) in [6.07, 6.45) is 0. The van der Waals surface area contributed by atoms with E-state index in [2.05, 4.69) is 53.8 Å². The summed E-state index contributed by atoms with van der Waals surface area (Å²) < 4.78 is 0. The number of thiazole rings is 1. The van der Waals surface area contributed by atoms with Gasteiger partial charge in [0.05, 0.1) is 5.69 Å². The molecule has 0 bridgehead atoms. The fourth-order valence-corrected chi connectivity index (χ4v) is 2.68. The summed E-state index contributed by atoms with van der Waals surface area (Å²) in [6, 6.07) is 8.55. The zero-order valence-electron chi connectivity index (χ0n) is 12.2. The first-order valence-electron chi connectivity index (χ1n) is 6.53. The number of aromatic nitrogens is 1. The molecular formula is C15H22ClN3S. The predicted octanol–water partition coefficient (Wildman–Crippen LogP) is 3.19. The molecule has 1 heterocycles. The molecule has 0 atom stereocenters. The standard InChI is InChI=1S/C15H21N3S.ClH/c1-12-4-6-13(7-5-12)15-17-14(11-19-15)10-18(3)9-8-16-2;/h4-7,11,16H,8-10H2,1-3H3;1H. The van der Waals surface area contributed by atoms with Gasteiger partial charge in [-0.2, -0.15) is 0 Å². The minimum atomic E-state index is 0. The first kappa shape index (κ1) is 17.1. The lowest BCUT2D eigenvalue weighted by molar-refractivity contribution is 0.325. The SMILES string of the molecule is CNCCN(C)Cc1csc(-c2ccc(C)cc2)n1.Cl. The summed E-state index contributed by atoms with van der Waals surface area (Å²) in [5.41, 5.74) is 3.64. The lowest BCUT2D eigenvalue weighted by atomic mass is 10.2. The molecule has 0 radical (unpaired) electrons. The molecule has 2 rings (SSSR count). The highest BCUT2D eigenvalue weighted by Gasteiger charge is 2.06. The first-order chi connectivity index (χ1) is 9.19. The van der Waals surface area contributed by atoms with Crippen LogP contribution >= 0.6 is 23.7 Å². The second-order valence-electron chi connectivity index (χ2n) is 4.85. The smallest absolute Gasteiger partial charge is 0.123 e. The van der Waals surface area contributed by atoms with E-state index in [0.29, 0.717) is 0 Å². The average molecular weight is 312 g/mol. The Hall–Kier alpha value is -0.940. The van der Waals surface area contributed by atoms with Gasteiger partial charge in [0.25, 0.3) is 0 Å². The largest absolute Gasteiger partial charge is 0.318 e. The number of nitrogens with one attached hydrogen (secondary N) is 1. The topological polar surface area (TPSA) is 28.2 Å². The molecule has 0 aliphatic rings. The Morgan fingerprint density at radius 3 is 2.60 bits per heavy atom. The van der Waals surface area contributed by atoms with E-state index in [1.165, 1.54) is 11.1 Å². The average Bonchev–Trinajstić information content (AvgIpc) is 2.85. The Morgan fingerprint density at radius 1 is 1.25 bits per heavy atom. The van der Waals surface area contributed by atoms with Gasteiger partial charge in [0.2, 0.25) is 0 Å². The highest BCUT2D eigenvalue weighted by atomic mass is 35.5. The van der Waals surface area contributed by atoms with E-state index >= 15 is 0 Å². The third-order valence-corrected chi connectivity index (χ3v) is 3.97. The molecular weight excluding hydrogens is 290 g/mol. The van der Waals surface area contributed by atoms with Gasteiger partial charge in [-0.05, 0) is 21.0 Å². The number of benzene rings is 1. The maximum atomic E-state index is 4.71. The van der Waals surface area contributed by atoms with Crippen LogP contribution in [0.15, 0.2) is 29.6 Å². The Morgan fingerprint density at radius 2 is 1.95 bits per heavy atom. The fraction of sp³-hybridized carbons (Fsp3) is 0.400. The fourth-order valence-electron chi connectivity index (χ4n) is 1.87. The number of hydrogen-bond acceptors (Lipinski definition) is 4. The molecule has 0 spiro atoms. The van der Waals surface area contributed by atoms with Gasteiger partial charge in [-0.3, -0.25) is 4.90 Å². The molecule has 5 heteroatoms. The van der Waals surface area contributed by atoms with E-state index in [0.717, 1.165) is 30.3 Å². The van der Waals surface area contributed by atoms with Crippen LogP contribution in [0.2, 0.25) is 0 Å². The van der Waals surface area contributed by atoms with Crippen molar-refractivity contribution in [3.05, 3.63) is 40.9 Å². The Bertz CT molecular complexity index is 510. The van der Waals surface area contributed by atoms with Crippen molar-refractivity contribution >= 4 is 23.7 Å². The van der Waals surface area contributed by atoms with Crippen LogP contribution in [0.4, 0.5) is 0 Å². The van der Waals surface area contributed by atoms with Crippen LogP contribution < -0.4 is 5.32 Å². The zero-order valence-corrected chi connectivity index (χ0v) is 13.9. The van der Waals surface area contributed by atoms with Crippen molar-refractivity contribution in [2.24, 2.45) is 0 Å². The highest BCUT2D eigenvalue weighted by molar-refractivity contribution is 7.13. The molecule has 0 fully saturated rings. The highest BCUT2D eigenvalue weighted by Crippen LogP contribution is 2.24. The minimum absolute atomic E-state index is 0. The van der Waals surface area contributed by atoms with Gasteiger partial charge < -0.3 is 5.32 Å². The van der Waals surface area contributed by atoms with Crippen molar-refractivity contribution in [3.8, 4) is 10.6 Å². The zero-order chi connectivity index (χ0) is 13.7. The van der Waals surface area contributed by atoms with Crippen LogP contribution in [0.25, 0.3) is 10.6 Å². The van der Waals surface area contributed by atoms with Crippen molar-refractivity contribution in [1.29, 1.82) is 0 Å². The molecule has 1 N–H and O–H groups in total. The predicted molar refractivity (Wildman–Crippen MR) is 89.8 cm³/mol. The van der Waals surface area contributed by atoms with Gasteiger partial charge in [-0.25, -0.2) is 4.98 Å². The lowest BCUT2D eigenvalue weighted by Gasteiger charge is -2.14. The third-order valence-electron chi connectivity index (χ3n) is 3.03. The number of aryl methyl sites for hydroxylation is 1. The molecule has 0 unspecified atom stereocenters. The maximum Gasteiger partial charge on any atom is 0.123 e. The number of halogens is 1. The Labute approximate surface area is 131 Å². The van der Waals surface area contributed by atoms with Crippen LogP contribution in [-0.2, 0) is 6.54 Å². The quantitative estimate of drug-likeness (QED) is 0.888. The second kappa shape index (κ2) is 8.37. The van der Waals surface area contributed by atoms with Crippen molar-refractivity contribution in [3.63, 3.8) is 0 Å². The number of rotatable bonds is 6. The minimum Gasteiger partial charge on any atom is -0.318 e. The number of nitrogens with zero attached hydrogens (tertiary/aromatic N) is 2. The monoisotopic (exact) mass is 311 g/mol. The van der Waals surface area contributed by atoms with E-state index in [-0.39, 0.29) is 12.4 Å². The second-order valence-corrected chi connectivity index (χ2v) is 5.71. The summed E-state index contributed by atoms with van der Waals surface area (Å²) >= 11 is 1.72. The van der Waals surface area contributed by atoms with E-state index < -0.39 is 0 Å². The summed E-state index contributed by atoms with van der Waals surface area (Å²) in [5, 5.41) is 6.43. The van der Waals surface area contributed by atoms with Gasteiger partial charge in [-0.1, -0.05) is 29.8 Å². The van der Waals surface area contributed by atoms with Crippen LogP contribution in [-0.4, -0.2) is 37.1 Å². The molecule has 3 nitrogen and oxygen atoms in total. The van der Waals surface area contributed by atoms with Crippen LogP contribution in [0.3, 0.4) is 0 Å². The maximum absolute atomic E-state index is 4.71. The molecule has 1 aromatic carbocycles. The van der Waals surface area contributed by atoms with Gasteiger partial charge in [-0.15, -0.1) is 23.7 Å². The Kier molecular flexibility index (Phi) is 7.16. The summed E-state index contributed by atoms with van der Waals surface area (Å²) in [6.45, 7) is 5.05. The molecule has 0 aliphatic carbocycles. The van der Waals surface area contributed by atoms with Gasteiger partial charge in [0.1, 0.15) is 5.01 Å². The molecule has 0 aliphatic heterocycles. The summed E-state index contributed by atoms with van der Waals surface area (Å²) in [7, 11) is 4.11. The van der Waals surface area contributed by atoms with E-state index in [1.54, 1.807) is 11.3 Å². The van der Waals surface area contributed by atoms with Crippen molar-refractivity contribution in [2.45, 2.75) is 13.5 Å². The first-order valence-corrected chi connectivity index (χ1v) is 7.41. The van der Waals surface area contributed by atoms with Crippen molar-refractivity contribution in [2.75, 3.05) is 27.2 Å². The normalized spacial score (nSPS) is 10.6. The molecule has 0 saturated heterocycles. The van der Waals surface area contributed by atoms with E-state index in [9.17, 15) is 0 Å². The van der Waals surface area contributed by atoms with Crippen molar-refractivity contribution in [1.82, 2.24) is 15.2 Å². The summed E-state index contributed by atoms with van der Waals surface area (Å²) in [4.78, 5) is 7.00. The number of hydrogen-bond donors (Lipinski definition) is 1. The van der Waals surface area contributed by atoms with Crippen LogP contribution in [0, 0.1) is 6.92 Å². The van der Waals surface area contributed by atoms with Gasteiger partial charge in [0, 0.05) is 30.6 Å². The molecule has 0 amide bonds. The van der Waals surface area contributed by atoms with E-state index in [4.69, 9.17) is 4.98 Å². The van der Waals surface area contributed by atoms with Crippen molar-refractivity contribution < 1.29 is 0 Å². The molecule has 110 valence electrons. The number of likely N-dealkylation sites (N-methyl/N-ethyl adjacent to an activating group) is 2. The summed E-state index contributed by atoms with van der Waals surface area (Å²) in [5.74, 6) is 0. The third kappa shape index (κ3) is 4.87. The van der Waals surface area contributed by atoms with E-state index in [1.807, 2.05) is 7.05 Å². The van der Waals surface area contributed by atoms with Gasteiger partial charge in [0.15, 0.2) is 0 Å². The van der Waals surface area contributed by atoms with Gasteiger partial charge >= 0.3 is 0 Å². The van der Waals surface area contributed by atoms with Crippen LogP contribution in [0.5, 0.6) is 0 Å². The Balaban J connectivity index is 0.00000200. The molecule has 2 aromatic rings. The van der Waals surface area contributed by atoms with Crippen LogP contribution in [0.1, 0.15) is 11.3 Å². The lowest BCUT2D eigenvalue weighted by Crippen LogP contribution is -2.27. The molecule has 0 saturated carbocycles. The molecule has 20 heavy (non-hydrogen) atoms. The molecule has 1 aromatic heterocycles.